The molecule has 11 heteroatoms. The van der Waals surface area contributed by atoms with Crippen LogP contribution in [-0.4, -0.2) is 18.9 Å². The Morgan fingerprint density at radius 1 is 1.08 bits per heavy atom. The Balaban J connectivity index is 2.03. The number of carbonyl (C=O) groups is 1. The number of nitrogens with one attached hydrogen (secondary N) is 2. The van der Waals surface area contributed by atoms with Gasteiger partial charge in [-0.15, -0.1) is 4.83 Å². The molecule has 0 unspecified atom stereocenters. The maximum Gasteiger partial charge on any atom is 0.416 e. The third-order valence-electron chi connectivity index (χ3n) is 3.03. The number of hydrogen-bond acceptors (Lipinski definition) is 4. The molecule has 0 spiro atoms. The highest BCUT2D eigenvalue weighted by atomic mass is 32.2. The number of rotatable bonds is 5. The number of hydrazine groups is 1. The van der Waals surface area contributed by atoms with Crippen molar-refractivity contribution in [2.45, 2.75) is 17.6 Å². The molecule has 1 amide bonds. The van der Waals surface area contributed by atoms with E-state index in [0.717, 1.165) is 16.7 Å². The lowest BCUT2D eigenvalue weighted by atomic mass is 10.2. The van der Waals surface area contributed by atoms with Crippen molar-refractivity contribution in [2.75, 3.05) is 0 Å². The second-order valence-electron chi connectivity index (χ2n) is 4.84. The quantitative estimate of drug-likeness (QED) is 0.758. The fourth-order valence-corrected chi connectivity index (χ4v) is 2.65. The van der Waals surface area contributed by atoms with Gasteiger partial charge >= 0.3 is 6.18 Å². The Morgan fingerprint density at radius 3 is 2.28 bits per heavy atom. The summed E-state index contributed by atoms with van der Waals surface area (Å²) in [5.74, 6) is -0.830. The highest BCUT2D eigenvalue weighted by Crippen LogP contribution is 2.29. The molecule has 1 aromatic carbocycles. The summed E-state index contributed by atoms with van der Waals surface area (Å²) in [5.41, 5.74) is 0.427. The fraction of sp³-hybridized carbons (Fsp3) is 0.143. The predicted molar refractivity (Wildman–Crippen MR) is 80.6 cm³/mol. The predicted octanol–water partition coefficient (Wildman–Crippen LogP) is 0.877. The number of amides is 1. The highest BCUT2D eigenvalue weighted by molar-refractivity contribution is 7.89. The number of sulfonamides is 1. The average Bonchev–Trinajstić information content (AvgIpc) is 2.55. The van der Waals surface area contributed by atoms with Crippen molar-refractivity contribution in [3.63, 3.8) is 0 Å². The molecule has 0 saturated heterocycles. The summed E-state index contributed by atoms with van der Waals surface area (Å²) < 4.78 is 62.3. The molecule has 0 bridgehead atoms. The number of alkyl halides is 3. The number of nitrogens with zero attached hydrogens (tertiary/aromatic N) is 1. The van der Waals surface area contributed by atoms with E-state index in [1.165, 1.54) is 24.4 Å². The van der Waals surface area contributed by atoms with Crippen LogP contribution >= 0.6 is 0 Å². The lowest BCUT2D eigenvalue weighted by Crippen LogP contribution is -2.44. The van der Waals surface area contributed by atoms with Crippen molar-refractivity contribution in [1.82, 2.24) is 14.8 Å². The summed E-state index contributed by atoms with van der Waals surface area (Å²) in [6.07, 6.45) is -3.25. The first-order chi connectivity index (χ1) is 11.6. The van der Waals surface area contributed by atoms with Crippen LogP contribution in [0.15, 0.2) is 58.4 Å². The number of halogens is 3. The van der Waals surface area contributed by atoms with E-state index in [1.54, 1.807) is 4.83 Å². The number of benzene rings is 1. The summed E-state index contributed by atoms with van der Waals surface area (Å²) in [6, 6.07) is 6.96. The van der Waals surface area contributed by atoms with E-state index < -0.39 is 44.7 Å². The van der Waals surface area contributed by atoms with Crippen LogP contribution in [0, 0.1) is 0 Å². The van der Waals surface area contributed by atoms with Crippen molar-refractivity contribution < 1.29 is 26.4 Å². The molecule has 0 atom stereocenters. The van der Waals surface area contributed by atoms with Gasteiger partial charge in [-0.3, -0.25) is 15.0 Å². The molecule has 0 aliphatic heterocycles. The van der Waals surface area contributed by atoms with Gasteiger partial charge in [-0.2, -0.15) is 13.2 Å². The van der Waals surface area contributed by atoms with Gasteiger partial charge in [-0.25, -0.2) is 8.42 Å². The van der Waals surface area contributed by atoms with E-state index in [-0.39, 0.29) is 0 Å². The maximum absolute atomic E-state index is 12.5. The molecule has 2 N–H and O–H groups in total. The van der Waals surface area contributed by atoms with Crippen molar-refractivity contribution in [3.8, 4) is 0 Å². The van der Waals surface area contributed by atoms with E-state index in [9.17, 15) is 31.2 Å². The first-order valence-electron chi connectivity index (χ1n) is 6.73. The van der Waals surface area contributed by atoms with E-state index in [4.69, 9.17) is 0 Å². The SMILES string of the molecule is O=C(Cn1ccccc1=O)NNS(=O)(=O)c1ccc(C(F)(F)F)cc1. The van der Waals surface area contributed by atoms with Crippen LogP contribution in [0.25, 0.3) is 0 Å². The number of hydrogen-bond donors (Lipinski definition) is 2. The number of pyridine rings is 1. The lowest BCUT2D eigenvalue weighted by Gasteiger charge is -2.11. The van der Waals surface area contributed by atoms with Crippen LogP contribution in [0.3, 0.4) is 0 Å². The normalized spacial score (nSPS) is 12.0. The largest absolute Gasteiger partial charge is 0.416 e. The van der Waals surface area contributed by atoms with E-state index >= 15 is 0 Å². The van der Waals surface area contributed by atoms with Gasteiger partial charge in [0.15, 0.2) is 0 Å². The Bertz CT molecular complexity index is 921. The van der Waals surface area contributed by atoms with Crippen LogP contribution < -0.4 is 15.8 Å². The minimum atomic E-state index is -4.59. The molecule has 1 aromatic heterocycles. The van der Waals surface area contributed by atoms with Crippen molar-refractivity contribution in [3.05, 3.63) is 64.6 Å². The number of aromatic nitrogens is 1. The summed E-state index contributed by atoms with van der Waals surface area (Å²) in [7, 11) is -4.26. The summed E-state index contributed by atoms with van der Waals surface area (Å²) in [5, 5.41) is 0. The third kappa shape index (κ3) is 4.90. The molecule has 0 aliphatic rings. The molecule has 2 rings (SSSR count). The zero-order valence-electron chi connectivity index (χ0n) is 12.4. The Labute approximate surface area is 140 Å². The topological polar surface area (TPSA) is 97.3 Å². The molecule has 7 nitrogen and oxygen atoms in total. The Hall–Kier alpha value is -2.66. The molecule has 134 valence electrons. The minimum Gasteiger partial charge on any atom is -0.306 e. The summed E-state index contributed by atoms with van der Waals surface area (Å²) in [4.78, 5) is 24.4. The van der Waals surface area contributed by atoms with Gasteiger partial charge in [0, 0.05) is 12.3 Å². The minimum absolute atomic E-state index is 0.435. The van der Waals surface area contributed by atoms with Crippen LogP contribution in [0.1, 0.15) is 5.56 Å². The summed E-state index contributed by atoms with van der Waals surface area (Å²) >= 11 is 0. The van der Waals surface area contributed by atoms with Crippen LogP contribution in [0.5, 0.6) is 0 Å². The van der Waals surface area contributed by atoms with Gasteiger partial charge < -0.3 is 4.57 Å². The fourth-order valence-electron chi connectivity index (χ4n) is 1.79. The first-order valence-corrected chi connectivity index (χ1v) is 8.21. The van der Waals surface area contributed by atoms with Crippen molar-refractivity contribution >= 4 is 15.9 Å². The van der Waals surface area contributed by atoms with Gasteiger partial charge in [0.25, 0.3) is 21.5 Å². The van der Waals surface area contributed by atoms with Gasteiger partial charge in [0.2, 0.25) is 0 Å². The zero-order valence-corrected chi connectivity index (χ0v) is 13.3. The zero-order chi connectivity index (χ0) is 18.7. The van der Waals surface area contributed by atoms with Gasteiger partial charge in [0.1, 0.15) is 6.54 Å². The second-order valence-corrected chi connectivity index (χ2v) is 6.52. The van der Waals surface area contributed by atoms with Crippen LogP contribution in [-0.2, 0) is 27.5 Å². The van der Waals surface area contributed by atoms with Crippen LogP contribution in [0.4, 0.5) is 13.2 Å². The average molecular weight is 375 g/mol. The monoisotopic (exact) mass is 375 g/mol. The Kier molecular flexibility index (Phi) is 5.28. The second kappa shape index (κ2) is 7.07. The molecule has 1 heterocycles. The van der Waals surface area contributed by atoms with E-state index in [1.807, 2.05) is 5.43 Å². The molecule has 2 aromatic rings. The maximum atomic E-state index is 12.5. The van der Waals surface area contributed by atoms with Gasteiger partial charge in [-0.05, 0) is 30.3 Å². The van der Waals surface area contributed by atoms with E-state index in [2.05, 4.69) is 0 Å². The highest BCUT2D eigenvalue weighted by Gasteiger charge is 2.30. The van der Waals surface area contributed by atoms with Crippen molar-refractivity contribution in [1.29, 1.82) is 0 Å². The molecular weight excluding hydrogens is 363 g/mol. The smallest absolute Gasteiger partial charge is 0.306 e. The Morgan fingerprint density at radius 2 is 1.72 bits per heavy atom. The molecule has 25 heavy (non-hydrogen) atoms. The van der Waals surface area contributed by atoms with Crippen LogP contribution in [0.2, 0.25) is 0 Å². The molecule has 0 fully saturated rings. The molecule has 0 saturated carbocycles. The van der Waals surface area contributed by atoms with E-state index in [0.29, 0.717) is 12.1 Å². The number of carbonyl (C=O) groups excluding carboxylic acids is 1. The van der Waals surface area contributed by atoms with Crippen molar-refractivity contribution in [2.24, 2.45) is 0 Å². The summed E-state index contributed by atoms with van der Waals surface area (Å²) in [6.45, 7) is -0.435. The standard InChI is InChI=1S/C14H12F3N3O4S/c15-14(16,17)10-4-6-11(7-5-10)25(23,24)19-18-12(21)9-20-8-2-1-3-13(20)22/h1-8,19H,9H2,(H,18,21). The third-order valence-corrected chi connectivity index (χ3v) is 4.29. The molecule has 0 aliphatic carbocycles. The first kappa shape index (κ1) is 18.7. The molecule has 0 radical (unpaired) electrons. The lowest BCUT2D eigenvalue weighted by molar-refractivity contribution is -0.137. The van der Waals surface area contributed by atoms with Gasteiger partial charge in [-0.1, -0.05) is 6.07 Å². The van der Waals surface area contributed by atoms with Gasteiger partial charge in [0.05, 0.1) is 10.5 Å². The molecular formula is C14H12F3N3O4S.